The Labute approximate surface area is 196 Å². The first-order chi connectivity index (χ1) is 16.0. The Kier molecular flexibility index (Phi) is 7.40. The van der Waals surface area contributed by atoms with Crippen LogP contribution in [0.15, 0.2) is 42.9 Å². The molecular formula is C26H34N4O3. The van der Waals surface area contributed by atoms with Gasteiger partial charge in [0.2, 0.25) is 5.88 Å². The first-order valence-electron chi connectivity index (χ1n) is 11.8. The summed E-state index contributed by atoms with van der Waals surface area (Å²) in [4.78, 5) is 26.3. The van der Waals surface area contributed by atoms with Gasteiger partial charge in [-0.05, 0) is 62.1 Å². The molecule has 0 spiro atoms. The van der Waals surface area contributed by atoms with Gasteiger partial charge in [-0.3, -0.25) is 14.7 Å². The summed E-state index contributed by atoms with van der Waals surface area (Å²) in [7, 11) is 2.06. The molecular weight excluding hydrogens is 416 g/mol. The van der Waals surface area contributed by atoms with Gasteiger partial charge in [0, 0.05) is 44.1 Å². The molecule has 0 bridgehead atoms. The van der Waals surface area contributed by atoms with Crippen molar-refractivity contribution in [2.75, 3.05) is 26.7 Å². The fraction of sp³-hybridized carbons (Fsp3) is 0.500. The number of carbonyl (C=O) groups is 1. The molecule has 7 nitrogen and oxygen atoms in total. The van der Waals surface area contributed by atoms with E-state index >= 15 is 0 Å². The number of allylic oxidation sites excluding steroid dienone is 2. The predicted molar refractivity (Wildman–Crippen MR) is 128 cm³/mol. The van der Waals surface area contributed by atoms with Crippen LogP contribution in [-0.4, -0.2) is 69.7 Å². The van der Waals surface area contributed by atoms with Gasteiger partial charge in [-0.15, -0.1) is 0 Å². The molecule has 0 radical (unpaired) electrons. The number of fused-ring (bicyclic) bond motifs is 1. The third kappa shape index (κ3) is 5.42. The highest BCUT2D eigenvalue weighted by molar-refractivity contribution is 5.97. The summed E-state index contributed by atoms with van der Waals surface area (Å²) >= 11 is 0. The van der Waals surface area contributed by atoms with E-state index in [9.17, 15) is 9.90 Å². The Morgan fingerprint density at radius 1 is 1.36 bits per heavy atom. The lowest BCUT2D eigenvalue weighted by atomic mass is 9.99. The number of rotatable bonds is 7. The van der Waals surface area contributed by atoms with Gasteiger partial charge in [0.25, 0.3) is 5.91 Å². The highest BCUT2D eigenvalue weighted by Gasteiger charge is 2.34. The van der Waals surface area contributed by atoms with Gasteiger partial charge in [-0.1, -0.05) is 19.1 Å². The van der Waals surface area contributed by atoms with Crippen LogP contribution in [0.2, 0.25) is 0 Å². The molecule has 1 N–H and O–H groups in total. The van der Waals surface area contributed by atoms with Gasteiger partial charge in [-0.25, -0.2) is 4.98 Å². The second-order valence-corrected chi connectivity index (χ2v) is 9.38. The SMILES string of the molecule is C[C@H]1CN([C@@H](C)CO)C(=O)c2cc(C3=CCCC3)cnc2O[C@H]1CN(C)Cc1cccnc1. The normalized spacial score (nSPS) is 21.8. The average molecular weight is 451 g/mol. The monoisotopic (exact) mass is 450 g/mol. The summed E-state index contributed by atoms with van der Waals surface area (Å²) in [5, 5.41) is 9.84. The second kappa shape index (κ2) is 10.4. The van der Waals surface area contributed by atoms with Crippen molar-refractivity contribution in [2.24, 2.45) is 5.92 Å². The van der Waals surface area contributed by atoms with Gasteiger partial charge < -0.3 is 14.7 Å². The highest BCUT2D eigenvalue weighted by Crippen LogP contribution is 2.32. The minimum atomic E-state index is -0.283. The van der Waals surface area contributed by atoms with Crippen LogP contribution in [0, 0.1) is 5.92 Å². The zero-order chi connectivity index (χ0) is 23.4. The molecule has 1 amide bonds. The van der Waals surface area contributed by atoms with Crippen LogP contribution >= 0.6 is 0 Å². The Morgan fingerprint density at radius 3 is 2.91 bits per heavy atom. The minimum absolute atomic E-state index is 0.0615. The topological polar surface area (TPSA) is 78.8 Å². The quantitative estimate of drug-likeness (QED) is 0.697. The number of likely N-dealkylation sites (N-methyl/N-ethyl adjacent to an activating group) is 1. The number of pyridine rings is 2. The van der Waals surface area contributed by atoms with Gasteiger partial charge in [0.15, 0.2) is 0 Å². The van der Waals surface area contributed by atoms with E-state index in [1.165, 1.54) is 5.57 Å². The maximum atomic E-state index is 13.5. The number of hydrogen-bond acceptors (Lipinski definition) is 6. The van der Waals surface area contributed by atoms with Gasteiger partial charge in [-0.2, -0.15) is 0 Å². The molecule has 0 aromatic carbocycles. The molecule has 2 aromatic heterocycles. The lowest BCUT2D eigenvalue weighted by Gasteiger charge is -2.37. The van der Waals surface area contributed by atoms with Crippen LogP contribution in [0.4, 0.5) is 0 Å². The number of aliphatic hydroxyl groups excluding tert-OH is 1. The van der Waals surface area contributed by atoms with E-state index in [2.05, 4.69) is 41.0 Å². The standard InChI is InChI=1S/C26H34N4O3/c1-18-14-30(19(2)17-31)26(32)23-11-22(21-8-4-5-9-21)13-28-25(23)33-24(18)16-29(3)15-20-7-6-10-27-12-20/h6-8,10-13,18-19,24,31H,4-5,9,14-17H2,1-3H3/t18-,19-,24-/m0/s1. The van der Waals surface area contributed by atoms with Crippen molar-refractivity contribution >= 4 is 11.5 Å². The molecule has 2 aliphatic rings. The van der Waals surface area contributed by atoms with E-state index in [0.717, 1.165) is 36.9 Å². The lowest BCUT2D eigenvalue weighted by molar-refractivity contribution is 0.0325. The third-order valence-electron chi connectivity index (χ3n) is 6.60. The summed E-state index contributed by atoms with van der Waals surface area (Å²) in [6.07, 6.45) is 10.7. The molecule has 4 rings (SSSR count). The smallest absolute Gasteiger partial charge is 0.259 e. The van der Waals surface area contributed by atoms with Gasteiger partial charge in [0.1, 0.15) is 11.7 Å². The van der Waals surface area contributed by atoms with Crippen LogP contribution in [0.25, 0.3) is 5.57 Å². The minimum Gasteiger partial charge on any atom is -0.472 e. The molecule has 0 saturated carbocycles. The molecule has 3 atom stereocenters. The number of hydrogen-bond donors (Lipinski definition) is 1. The molecule has 33 heavy (non-hydrogen) atoms. The molecule has 0 unspecified atom stereocenters. The molecule has 176 valence electrons. The molecule has 1 aliphatic carbocycles. The van der Waals surface area contributed by atoms with Crippen LogP contribution in [0.5, 0.6) is 5.88 Å². The molecule has 1 aliphatic heterocycles. The van der Waals surface area contributed by atoms with Crippen LogP contribution < -0.4 is 4.74 Å². The van der Waals surface area contributed by atoms with E-state index in [0.29, 0.717) is 24.5 Å². The van der Waals surface area contributed by atoms with E-state index in [4.69, 9.17) is 4.74 Å². The van der Waals surface area contributed by atoms with Crippen molar-refractivity contribution < 1.29 is 14.6 Å². The highest BCUT2D eigenvalue weighted by atomic mass is 16.5. The Balaban J connectivity index is 1.62. The number of aromatic nitrogens is 2. The Hall–Kier alpha value is -2.77. The van der Waals surface area contributed by atoms with Gasteiger partial charge in [0.05, 0.1) is 12.6 Å². The maximum absolute atomic E-state index is 13.5. The van der Waals surface area contributed by atoms with Crippen molar-refractivity contribution in [1.82, 2.24) is 19.8 Å². The summed E-state index contributed by atoms with van der Waals surface area (Å²) < 4.78 is 6.41. The Morgan fingerprint density at radius 2 is 2.21 bits per heavy atom. The number of aliphatic hydroxyl groups is 1. The van der Waals surface area contributed by atoms with Crippen molar-refractivity contribution in [3.05, 3.63) is 59.6 Å². The third-order valence-corrected chi connectivity index (χ3v) is 6.60. The zero-order valence-electron chi connectivity index (χ0n) is 19.8. The maximum Gasteiger partial charge on any atom is 0.259 e. The first kappa shape index (κ1) is 23.4. The molecule has 3 heterocycles. The fourth-order valence-electron chi connectivity index (χ4n) is 4.60. The van der Waals surface area contributed by atoms with Gasteiger partial charge >= 0.3 is 0 Å². The summed E-state index contributed by atoms with van der Waals surface area (Å²) in [6, 6.07) is 5.64. The van der Waals surface area contributed by atoms with Crippen molar-refractivity contribution in [3.63, 3.8) is 0 Å². The van der Waals surface area contributed by atoms with Crippen molar-refractivity contribution in [2.45, 2.75) is 51.8 Å². The Bertz CT molecular complexity index is 994. The fourth-order valence-corrected chi connectivity index (χ4v) is 4.60. The zero-order valence-corrected chi connectivity index (χ0v) is 19.8. The molecule has 0 fully saturated rings. The summed E-state index contributed by atoms with van der Waals surface area (Å²) in [5.74, 6) is 0.309. The lowest BCUT2D eigenvalue weighted by Crippen LogP contribution is -2.49. The predicted octanol–water partition coefficient (Wildman–Crippen LogP) is 3.40. The number of carbonyl (C=O) groups excluding carboxylic acids is 1. The number of amides is 1. The summed E-state index contributed by atoms with van der Waals surface area (Å²) in [6.45, 7) is 5.84. The van der Waals surface area contributed by atoms with Crippen LogP contribution in [-0.2, 0) is 6.54 Å². The number of ether oxygens (including phenoxy) is 1. The first-order valence-corrected chi connectivity index (χ1v) is 11.8. The van der Waals surface area contributed by atoms with E-state index in [-0.39, 0.29) is 30.6 Å². The van der Waals surface area contributed by atoms with E-state index < -0.39 is 0 Å². The number of nitrogens with zero attached hydrogens (tertiary/aromatic N) is 4. The molecule has 2 aromatic rings. The average Bonchev–Trinajstić information content (AvgIpc) is 3.36. The van der Waals surface area contributed by atoms with Crippen molar-refractivity contribution in [1.29, 1.82) is 0 Å². The summed E-state index contributed by atoms with van der Waals surface area (Å²) in [5.41, 5.74) is 3.84. The van der Waals surface area contributed by atoms with E-state index in [1.807, 2.05) is 31.5 Å². The molecule has 7 heteroatoms. The van der Waals surface area contributed by atoms with E-state index in [1.54, 1.807) is 11.1 Å². The van der Waals surface area contributed by atoms with Crippen LogP contribution in [0.1, 0.15) is 54.6 Å². The largest absolute Gasteiger partial charge is 0.472 e. The van der Waals surface area contributed by atoms with Crippen LogP contribution in [0.3, 0.4) is 0 Å². The second-order valence-electron chi connectivity index (χ2n) is 9.38. The molecule has 0 saturated heterocycles. The van der Waals surface area contributed by atoms with Crippen molar-refractivity contribution in [3.8, 4) is 5.88 Å².